The number of hydrogen-bond donors (Lipinski definition) is 4. The summed E-state index contributed by atoms with van der Waals surface area (Å²) >= 11 is 5.37. The van der Waals surface area contributed by atoms with Gasteiger partial charge in [0.15, 0.2) is 56.9 Å². The highest BCUT2D eigenvalue weighted by atomic mass is 32.1. The van der Waals surface area contributed by atoms with Crippen LogP contribution in [0.4, 0.5) is 54.5 Å². The second-order valence-corrected chi connectivity index (χ2v) is 41.7. The number of ether oxygens (including phenoxy) is 1. The lowest BCUT2D eigenvalue weighted by Gasteiger charge is -2.42. The lowest BCUT2D eigenvalue weighted by Crippen LogP contribution is -2.52. The molecule has 13 aromatic heterocycles. The molecule has 0 unspecified atom stereocenters. The Hall–Kier alpha value is -14.0. The Morgan fingerprint density at radius 3 is 1.04 bits per heavy atom. The number of methoxy groups -OCH3 is 1. The van der Waals surface area contributed by atoms with Gasteiger partial charge in [-0.25, -0.2) is 70.6 Å². The molecule has 14 aromatic rings. The van der Waals surface area contributed by atoms with Crippen LogP contribution in [0.5, 0.6) is 5.75 Å². The van der Waals surface area contributed by atoms with Gasteiger partial charge in [-0.05, 0) is 153 Å². The maximum absolute atomic E-state index is 13.9. The molecule has 0 bridgehead atoms. The molecular weight excluding hydrogens is 1950 g/mol. The summed E-state index contributed by atoms with van der Waals surface area (Å²) in [6.07, 6.45) is 15.8. The van der Waals surface area contributed by atoms with Crippen LogP contribution in [0.15, 0.2) is 121 Å². The van der Waals surface area contributed by atoms with E-state index < -0.39 is 46.1 Å². The standard InChI is InChI=1S/C26H25FN6O3S.C24H25F3N6O2S.C24H26F2N6O2S.C23H21FN6O3S.2CH4/c1-14(18-8-19(27)11-28-10-18)29-26-31-22(23-24(32-26)30-15(2)37-23)25(35)33-12-16(13-33)7-21(34)17-5-4-6-20(9-17)36-3;1-12(15-7-16(25)9-28-8-15)29-22-31-18(19-20(32-22)30-13(2)36-19)21(35)33-10-14(11-33)6-17(34)24(4-5-24)23(3,26)27;1-12(15-5-17(25)9-27-8-15)28-23-30-19(20-21(31-23)29-13(2)35-20)22(34)32-10-14(11-32)4-18(33)16-6-24(3,26)7-16;1-12(16-6-17(24)8-25-7-16)26-23-28-19(20-21(29-23)27-13(2)34-20)22(32)30-9-14(10-30)5-18(31)15-3-4-33-11-15;;/h4-6,8-11,14,16H,7,12-13H2,1-3H3,(H,29,31,32);7-9,12,14H,4-6,10-11H2,1-3H3,(H,29,31,32);5,8-9,12,14,16H,4,6-7,10-11H2,1-3H3,(H,28,30,31);3-4,6-8,11-12,14H,5,9-10H2,1-2H3,(H,26,28,29);2*1H4/t14-;12-;12-,16?,24?;12-;;/m0000../s1. The third-order valence-electron chi connectivity index (χ3n) is 25.6. The largest absolute Gasteiger partial charge is 0.497 e. The number of anilines is 4. The molecule has 0 radical (unpaired) electrons. The molecule has 4 amide bonds. The average Bonchev–Trinajstić information content (AvgIpc) is 1.58. The number of furan rings is 1. The van der Waals surface area contributed by atoms with Gasteiger partial charge in [-0.2, -0.15) is 19.9 Å². The predicted octanol–water partition coefficient (Wildman–Crippen LogP) is 18.6. The molecule has 144 heavy (non-hydrogen) atoms. The molecule has 45 heteroatoms. The molecule has 2 aliphatic carbocycles. The molecule has 1 aromatic carbocycles. The molecule has 4 atom stereocenters. The molecule has 17 heterocycles. The maximum Gasteiger partial charge on any atom is 0.274 e. The fourth-order valence-corrected chi connectivity index (χ4v) is 20.9. The first kappa shape index (κ1) is 104. The number of thiazole rings is 4. The zero-order chi connectivity index (χ0) is 101. The van der Waals surface area contributed by atoms with Gasteiger partial charge in [-0.15, -0.1) is 45.3 Å². The van der Waals surface area contributed by atoms with E-state index in [1.165, 1.54) is 95.3 Å². The van der Waals surface area contributed by atoms with Crippen LogP contribution in [-0.4, -0.2) is 217 Å². The van der Waals surface area contributed by atoms with Crippen LogP contribution in [0.25, 0.3) is 41.4 Å². The second kappa shape index (κ2) is 43.3. The van der Waals surface area contributed by atoms with E-state index in [0.29, 0.717) is 165 Å². The number of nitrogens with zero attached hydrogens (tertiary/aromatic N) is 20. The van der Waals surface area contributed by atoms with Crippen molar-refractivity contribution >= 4 is 157 Å². The van der Waals surface area contributed by atoms with Crippen LogP contribution >= 0.6 is 45.3 Å². The van der Waals surface area contributed by atoms with E-state index in [4.69, 9.17) is 9.15 Å². The van der Waals surface area contributed by atoms with Crippen molar-refractivity contribution in [2.75, 3.05) is 80.7 Å². The molecule has 4 saturated heterocycles. The van der Waals surface area contributed by atoms with E-state index in [1.807, 2.05) is 41.5 Å². The number of alkyl halides is 3. The SMILES string of the molecule is C.C.COc1cccc(C(=O)CC2CN(C(=O)c3nc(N[C@@H](C)c4cncc(F)c4)nc4nc(C)sc34)C2)c1.Cc1nc2nc(N[C@@H](C)c3cncc(F)c3)nc(C(=O)N3CC(CC(=O)C4(C(C)(F)F)CC4)C3)c2s1.Cc1nc2nc(N[C@@H](C)c3cncc(F)c3)nc(C(=O)N3CC(CC(=O)C4CC(C)(F)C4)C3)c2s1.Cc1nc2nc(N[C@@H](C)c3cncc(F)c3)nc(C(=O)N3CC(CC(=O)c4ccoc4)C3)c2s1. The molecule has 754 valence electrons. The molecule has 4 N–H and O–H groups in total. The van der Waals surface area contributed by atoms with E-state index in [-0.39, 0.29) is 175 Å². The maximum atomic E-state index is 13.9. The van der Waals surface area contributed by atoms with E-state index in [1.54, 1.807) is 89.5 Å². The minimum absolute atomic E-state index is 0. The van der Waals surface area contributed by atoms with Crippen molar-refractivity contribution in [3.05, 3.63) is 216 Å². The van der Waals surface area contributed by atoms with E-state index in [9.17, 15) is 69.1 Å². The smallest absolute Gasteiger partial charge is 0.274 e. The number of fused-ring (bicyclic) bond motifs is 4. The number of pyridine rings is 4. The average molecular weight is 2050 g/mol. The second-order valence-electron chi connectivity index (χ2n) is 36.9. The van der Waals surface area contributed by atoms with Crippen molar-refractivity contribution < 1.29 is 78.2 Å². The van der Waals surface area contributed by atoms with E-state index in [2.05, 4.69) is 101 Å². The minimum atomic E-state index is -3.03. The number of nitrogens with one attached hydrogen (secondary N) is 4. The summed E-state index contributed by atoms with van der Waals surface area (Å²) in [5.74, 6) is -4.79. The molecule has 0 spiro atoms. The fraction of sp³-hybridized carbons (Fsp3) is 0.414. The zero-order valence-corrected chi connectivity index (χ0v) is 82.1. The summed E-state index contributed by atoms with van der Waals surface area (Å²) in [6, 6.07) is 12.8. The normalized spacial score (nSPS) is 17.3. The Kier molecular flexibility index (Phi) is 31.4. The van der Waals surface area contributed by atoms with Gasteiger partial charge in [0.05, 0.1) is 93.3 Å². The third kappa shape index (κ3) is 23.7. The molecule has 4 aliphatic heterocycles. The Balaban J connectivity index is 0.000000144. The van der Waals surface area contributed by atoms with Crippen molar-refractivity contribution in [3.63, 3.8) is 0 Å². The number of ketones is 4. The summed E-state index contributed by atoms with van der Waals surface area (Å²) in [4.78, 5) is 179. The van der Waals surface area contributed by atoms with Gasteiger partial charge < -0.3 is 50.0 Å². The monoisotopic (exact) mass is 2050 g/mol. The Morgan fingerprint density at radius 2 is 0.757 bits per heavy atom. The summed E-state index contributed by atoms with van der Waals surface area (Å²) in [5, 5.41) is 15.5. The Labute approximate surface area is 838 Å². The number of hydrogen-bond acceptors (Lipinski definition) is 34. The highest BCUT2D eigenvalue weighted by Gasteiger charge is 2.64. The summed E-state index contributed by atoms with van der Waals surface area (Å²) in [6.45, 7) is 20.3. The first-order valence-electron chi connectivity index (χ1n) is 45.8. The molecule has 2 saturated carbocycles. The zero-order valence-electron chi connectivity index (χ0n) is 78.8. The highest BCUT2D eigenvalue weighted by Crippen LogP contribution is 2.58. The summed E-state index contributed by atoms with van der Waals surface area (Å²) < 4.78 is 108. The van der Waals surface area contributed by atoms with Crippen molar-refractivity contribution in [3.8, 4) is 5.75 Å². The molecule has 20 rings (SSSR count). The quantitative estimate of drug-likeness (QED) is 0.0240. The molecule has 34 nitrogen and oxygen atoms in total. The Bertz CT molecular complexity index is 7180. The predicted molar refractivity (Wildman–Crippen MR) is 529 cm³/mol. The van der Waals surface area contributed by atoms with Crippen LogP contribution in [-0.2, 0) is 9.59 Å². The lowest BCUT2D eigenvalue weighted by molar-refractivity contribution is -0.141. The lowest BCUT2D eigenvalue weighted by atomic mass is 9.70. The third-order valence-corrected chi connectivity index (χ3v) is 29.5. The number of aryl methyl sites for hydroxylation is 4. The van der Waals surface area contributed by atoms with Gasteiger partial charge in [0, 0.05) is 145 Å². The first-order chi connectivity index (χ1) is 67.7. The molecule has 6 fully saturated rings. The first-order valence-corrected chi connectivity index (χ1v) is 49.1. The van der Waals surface area contributed by atoms with Gasteiger partial charge >= 0.3 is 0 Å². The van der Waals surface area contributed by atoms with Gasteiger partial charge in [0.2, 0.25) is 23.8 Å². The van der Waals surface area contributed by atoms with Crippen molar-refractivity contribution in [1.29, 1.82) is 0 Å². The topological polar surface area (TPSA) is 426 Å². The van der Waals surface area contributed by atoms with E-state index in [0.717, 1.165) is 51.7 Å². The number of aromatic nitrogens is 16. The van der Waals surface area contributed by atoms with Crippen molar-refractivity contribution in [1.82, 2.24) is 99.3 Å². The number of halogens is 7. The number of benzene rings is 1. The van der Waals surface area contributed by atoms with E-state index >= 15 is 0 Å². The van der Waals surface area contributed by atoms with Crippen LogP contribution in [0.2, 0.25) is 0 Å². The number of amides is 4. The number of carbonyl (C=O) groups excluding carboxylic acids is 8. The highest BCUT2D eigenvalue weighted by molar-refractivity contribution is 7.20. The van der Waals surface area contributed by atoms with Gasteiger partial charge in [0.1, 0.15) is 71.3 Å². The summed E-state index contributed by atoms with van der Waals surface area (Å²) in [7, 11) is 1.56. The van der Waals surface area contributed by atoms with Crippen molar-refractivity contribution in [2.24, 2.45) is 35.0 Å². The molecule has 6 aliphatic rings. The minimum Gasteiger partial charge on any atom is -0.497 e. The van der Waals surface area contributed by atoms with Gasteiger partial charge in [-0.1, -0.05) is 27.0 Å². The number of Topliss-reactive ketones (excluding diaryl/α,β-unsaturated/α-hetero) is 4. The number of likely N-dealkylation sites (tertiary alicyclic amines) is 4. The van der Waals surface area contributed by atoms with Crippen LogP contribution in [0.3, 0.4) is 0 Å². The van der Waals surface area contributed by atoms with Crippen LogP contribution < -0.4 is 26.0 Å². The van der Waals surface area contributed by atoms with Crippen LogP contribution in [0.1, 0.15) is 237 Å². The van der Waals surface area contributed by atoms with Gasteiger partial charge in [0.25, 0.3) is 29.6 Å². The number of rotatable bonds is 30. The Morgan fingerprint density at radius 1 is 0.444 bits per heavy atom. The van der Waals surface area contributed by atoms with Crippen molar-refractivity contribution in [2.45, 2.75) is 171 Å². The van der Waals surface area contributed by atoms with Gasteiger partial charge in [-0.3, -0.25) is 58.3 Å². The molecular formula is C99H105F7N24O10S4. The fourth-order valence-electron chi connectivity index (χ4n) is 17.5. The summed E-state index contributed by atoms with van der Waals surface area (Å²) in [5.41, 5.74) is 3.46. The number of carbonyl (C=O) groups is 8. The van der Waals surface area contributed by atoms with Crippen LogP contribution in [0, 0.1) is 86.0 Å².